The molecule has 27 heavy (non-hydrogen) atoms. The molecule has 1 aromatic rings. The second kappa shape index (κ2) is 9.41. The Morgan fingerprint density at radius 3 is 2.74 bits per heavy atom. The van der Waals surface area contributed by atoms with E-state index >= 15 is 0 Å². The van der Waals surface area contributed by atoms with Crippen molar-refractivity contribution in [1.29, 1.82) is 0 Å². The van der Waals surface area contributed by atoms with Crippen LogP contribution in [0.2, 0.25) is 0 Å². The first-order chi connectivity index (χ1) is 12.7. The maximum atomic E-state index is 12.5. The van der Waals surface area contributed by atoms with Crippen LogP contribution in [0.25, 0.3) is 0 Å². The lowest BCUT2D eigenvalue weighted by Gasteiger charge is -2.20. The van der Waals surface area contributed by atoms with Crippen LogP contribution < -0.4 is 10.6 Å². The first kappa shape index (κ1) is 21.5. The summed E-state index contributed by atoms with van der Waals surface area (Å²) in [6.07, 6.45) is -3.50. The summed E-state index contributed by atoms with van der Waals surface area (Å²) >= 11 is 0. The number of hydrogen-bond donors (Lipinski definition) is 2. The molecule has 1 aliphatic heterocycles. The predicted molar refractivity (Wildman–Crippen MR) is 97.8 cm³/mol. The number of methoxy groups -OCH3 is 1. The fraction of sp³-hybridized carbons (Fsp3) is 0.765. The van der Waals surface area contributed by atoms with E-state index in [1.807, 2.05) is 18.5 Å². The van der Waals surface area contributed by atoms with Gasteiger partial charge in [0.25, 0.3) is 0 Å². The van der Waals surface area contributed by atoms with E-state index in [-0.39, 0.29) is 6.04 Å². The maximum absolute atomic E-state index is 12.5. The van der Waals surface area contributed by atoms with Gasteiger partial charge in [0.05, 0.1) is 25.4 Å². The van der Waals surface area contributed by atoms with Crippen molar-refractivity contribution in [3.63, 3.8) is 0 Å². The molecular weight excluding hydrogens is 361 g/mol. The zero-order chi connectivity index (χ0) is 20.0. The Hall–Kier alpha value is -1.81. The molecule has 0 radical (unpaired) electrons. The lowest BCUT2D eigenvalue weighted by atomic mass is 10.2. The van der Waals surface area contributed by atoms with Gasteiger partial charge in [-0.2, -0.15) is 18.3 Å². The third-order valence-corrected chi connectivity index (χ3v) is 4.71. The molecule has 1 aromatic heterocycles. The average Bonchev–Trinajstić information content (AvgIpc) is 3.12. The molecule has 0 spiro atoms. The molecule has 2 heterocycles. The molecule has 0 bridgehead atoms. The number of hydrogen-bond acceptors (Lipinski definition) is 4. The Bertz CT molecular complexity index is 643. The van der Waals surface area contributed by atoms with Gasteiger partial charge in [-0.3, -0.25) is 14.6 Å². The molecule has 1 unspecified atom stereocenters. The third kappa shape index (κ3) is 6.39. The van der Waals surface area contributed by atoms with Gasteiger partial charge in [-0.05, 0) is 20.3 Å². The van der Waals surface area contributed by atoms with Gasteiger partial charge in [-0.25, -0.2) is 0 Å². The summed E-state index contributed by atoms with van der Waals surface area (Å²) in [5.74, 6) is 0.581. The Labute approximate surface area is 158 Å². The van der Waals surface area contributed by atoms with Gasteiger partial charge in [0.15, 0.2) is 5.96 Å². The minimum atomic E-state index is -4.16. The van der Waals surface area contributed by atoms with Crippen LogP contribution in [0.15, 0.2) is 4.99 Å². The smallest absolute Gasteiger partial charge is 0.383 e. The van der Waals surface area contributed by atoms with Gasteiger partial charge in [0, 0.05) is 51.1 Å². The van der Waals surface area contributed by atoms with Crippen molar-refractivity contribution in [3.05, 3.63) is 17.0 Å². The summed E-state index contributed by atoms with van der Waals surface area (Å²) < 4.78 is 44.6. The Kier molecular flexibility index (Phi) is 7.49. The van der Waals surface area contributed by atoms with Crippen LogP contribution in [0.4, 0.5) is 13.2 Å². The fourth-order valence-electron chi connectivity index (χ4n) is 3.29. The third-order valence-electron chi connectivity index (χ3n) is 4.71. The molecular formula is C17H29F3N6O. The molecule has 0 amide bonds. The van der Waals surface area contributed by atoms with E-state index in [4.69, 9.17) is 4.74 Å². The molecule has 1 atom stereocenters. The predicted octanol–water partition coefficient (Wildman–Crippen LogP) is 1.45. The Morgan fingerprint density at radius 1 is 1.37 bits per heavy atom. The minimum Gasteiger partial charge on any atom is -0.383 e. The monoisotopic (exact) mass is 390 g/mol. The number of rotatable bonds is 7. The number of aryl methyl sites for hydroxylation is 1. The number of aromatic nitrogens is 2. The molecule has 7 nitrogen and oxygen atoms in total. The molecule has 1 saturated heterocycles. The summed E-state index contributed by atoms with van der Waals surface area (Å²) in [5.41, 5.74) is 3.08. The van der Waals surface area contributed by atoms with Crippen molar-refractivity contribution in [1.82, 2.24) is 25.3 Å². The summed E-state index contributed by atoms with van der Waals surface area (Å²) in [5, 5.41) is 11.0. The van der Waals surface area contributed by atoms with Crippen LogP contribution in [0.5, 0.6) is 0 Å². The van der Waals surface area contributed by atoms with E-state index in [0.717, 1.165) is 17.0 Å². The molecule has 2 N–H and O–H groups in total. The highest BCUT2D eigenvalue weighted by molar-refractivity contribution is 5.80. The van der Waals surface area contributed by atoms with Gasteiger partial charge in [0.1, 0.15) is 0 Å². The van der Waals surface area contributed by atoms with E-state index < -0.39 is 12.7 Å². The molecule has 154 valence electrons. The first-order valence-corrected chi connectivity index (χ1v) is 9.01. The van der Waals surface area contributed by atoms with Gasteiger partial charge < -0.3 is 15.4 Å². The summed E-state index contributed by atoms with van der Waals surface area (Å²) in [6.45, 7) is 5.71. The standard InChI is InChI=1S/C17H29F3N6O/c1-12-15(13(2)26(24-12)7-8-27-4)9-22-16(21-3)23-14-5-6-25(10-14)11-17(18,19)20/h14H,5-11H2,1-4H3,(H2,21,22,23). The van der Waals surface area contributed by atoms with Crippen molar-refractivity contribution < 1.29 is 17.9 Å². The number of nitrogens with one attached hydrogen (secondary N) is 2. The maximum Gasteiger partial charge on any atom is 0.401 e. The van der Waals surface area contributed by atoms with Crippen molar-refractivity contribution in [3.8, 4) is 0 Å². The number of alkyl halides is 3. The number of likely N-dealkylation sites (tertiary alicyclic amines) is 1. The van der Waals surface area contributed by atoms with E-state index in [1.165, 1.54) is 4.90 Å². The average molecular weight is 390 g/mol. The first-order valence-electron chi connectivity index (χ1n) is 9.01. The SMILES string of the molecule is CN=C(NCc1c(C)nn(CCOC)c1C)NC1CCN(CC(F)(F)F)C1. The lowest BCUT2D eigenvalue weighted by molar-refractivity contribution is -0.143. The number of halogens is 3. The lowest BCUT2D eigenvalue weighted by Crippen LogP contribution is -2.45. The van der Waals surface area contributed by atoms with E-state index in [0.29, 0.717) is 45.2 Å². The van der Waals surface area contributed by atoms with Crippen molar-refractivity contribution in [2.45, 2.75) is 45.6 Å². The Balaban J connectivity index is 1.87. The molecule has 1 aliphatic rings. The zero-order valence-electron chi connectivity index (χ0n) is 16.4. The van der Waals surface area contributed by atoms with Gasteiger partial charge >= 0.3 is 6.18 Å². The molecule has 0 saturated carbocycles. The van der Waals surface area contributed by atoms with Crippen molar-refractivity contribution >= 4 is 5.96 Å². The van der Waals surface area contributed by atoms with Crippen LogP contribution in [0.1, 0.15) is 23.4 Å². The van der Waals surface area contributed by atoms with Gasteiger partial charge in [-0.15, -0.1) is 0 Å². The van der Waals surface area contributed by atoms with Crippen LogP contribution in [-0.2, 0) is 17.8 Å². The molecule has 2 rings (SSSR count). The highest BCUT2D eigenvalue weighted by atomic mass is 19.4. The van der Waals surface area contributed by atoms with Crippen LogP contribution in [-0.4, -0.2) is 73.3 Å². The van der Waals surface area contributed by atoms with Crippen LogP contribution in [0, 0.1) is 13.8 Å². The topological polar surface area (TPSA) is 66.7 Å². The number of nitrogens with zero attached hydrogens (tertiary/aromatic N) is 4. The quantitative estimate of drug-likeness (QED) is 0.545. The number of aliphatic imine (C=N–C) groups is 1. The Morgan fingerprint density at radius 2 is 2.11 bits per heavy atom. The highest BCUT2D eigenvalue weighted by Gasteiger charge is 2.34. The highest BCUT2D eigenvalue weighted by Crippen LogP contribution is 2.20. The summed E-state index contributed by atoms with van der Waals surface area (Å²) in [6, 6.07) is -0.0508. The second-order valence-electron chi connectivity index (χ2n) is 6.77. The van der Waals surface area contributed by atoms with Crippen LogP contribution >= 0.6 is 0 Å². The molecule has 10 heteroatoms. The molecule has 0 aromatic carbocycles. The van der Waals surface area contributed by atoms with Gasteiger partial charge in [-0.1, -0.05) is 0 Å². The minimum absolute atomic E-state index is 0.0508. The second-order valence-corrected chi connectivity index (χ2v) is 6.77. The fourth-order valence-corrected chi connectivity index (χ4v) is 3.29. The van der Waals surface area contributed by atoms with E-state index in [9.17, 15) is 13.2 Å². The van der Waals surface area contributed by atoms with E-state index in [2.05, 4.69) is 20.7 Å². The normalized spacial score (nSPS) is 18.9. The van der Waals surface area contributed by atoms with Gasteiger partial charge in [0.2, 0.25) is 0 Å². The van der Waals surface area contributed by atoms with E-state index in [1.54, 1.807) is 14.2 Å². The largest absolute Gasteiger partial charge is 0.401 e. The number of guanidine groups is 1. The molecule has 1 fully saturated rings. The summed E-state index contributed by atoms with van der Waals surface area (Å²) in [7, 11) is 3.31. The van der Waals surface area contributed by atoms with Crippen LogP contribution in [0.3, 0.4) is 0 Å². The number of ether oxygens (including phenoxy) is 1. The molecule has 0 aliphatic carbocycles. The van der Waals surface area contributed by atoms with Crippen molar-refractivity contribution in [2.75, 3.05) is 40.4 Å². The zero-order valence-corrected chi connectivity index (χ0v) is 16.4. The summed E-state index contributed by atoms with van der Waals surface area (Å²) in [4.78, 5) is 5.60. The van der Waals surface area contributed by atoms with Crippen molar-refractivity contribution in [2.24, 2.45) is 4.99 Å².